The lowest BCUT2D eigenvalue weighted by Crippen LogP contribution is -2.57. The number of likely N-dealkylation sites (tertiary alicyclic amines) is 1. The number of piperidine rings is 1. The highest BCUT2D eigenvalue weighted by atomic mass is 19.1. The monoisotopic (exact) mass is 592 g/mol. The van der Waals surface area contributed by atoms with Crippen molar-refractivity contribution in [3.05, 3.63) is 59.9 Å². The van der Waals surface area contributed by atoms with E-state index in [9.17, 15) is 14.0 Å². The summed E-state index contributed by atoms with van der Waals surface area (Å²) in [6, 6.07) is 13.1. The maximum Gasteiger partial charge on any atom is 0.319 e. The van der Waals surface area contributed by atoms with Crippen LogP contribution in [0.3, 0.4) is 0 Å². The smallest absolute Gasteiger partial charge is 0.319 e. The van der Waals surface area contributed by atoms with E-state index in [2.05, 4.69) is 58.8 Å². The zero-order valence-electron chi connectivity index (χ0n) is 26.0. The molecule has 1 saturated heterocycles. The number of anilines is 1. The van der Waals surface area contributed by atoms with Gasteiger partial charge in [0.05, 0.1) is 0 Å². The number of tetrazole rings is 1. The number of aryl methyl sites for hydroxylation is 1. The van der Waals surface area contributed by atoms with Crippen molar-refractivity contribution in [3.8, 4) is 11.4 Å². The minimum atomic E-state index is -0.490. The summed E-state index contributed by atoms with van der Waals surface area (Å²) in [6.07, 6.45) is 2.75. The van der Waals surface area contributed by atoms with E-state index in [0.717, 1.165) is 43.5 Å². The maximum absolute atomic E-state index is 14.2. The van der Waals surface area contributed by atoms with Crippen LogP contribution >= 0.6 is 0 Å². The summed E-state index contributed by atoms with van der Waals surface area (Å²) in [5.41, 5.74) is 2.46. The van der Waals surface area contributed by atoms with Crippen molar-refractivity contribution in [2.75, 3.05) is 38.0 Å². The van der Waals surface area contributed by atoms with Crippen molar-refractivity contribution in [3.63, 3.8) is 0 Å². The molecular weight excluding hydrogens is 547 g/mol. The third-order valence-electron chi connectivity index (χ3n) is 7.65. The summed E-state index contributed by atoms with van der Waals surface area (Å²) in [7, 11) is 1.76. The zero-order chi connectivity index (χ0) is 30.9. The summed E-state index contributed by atoms with van der Waals surface area (Å²) >= 11 is 0. The summed E-state index contributed by atoms with van der Waals surface area (Å²) in [5, 5.41) is 17.5. The first kappa shape index (κ1) is 32.1. The minimum absolute atomic E-state index is 0.0437. The van der Waals surface area contributed by atoms with E-state index in [1.165, 1.54) is 12.1 Å². The average Bonchev–Trinajstić information content (AvgIpc) is 3.39. The maximum atomic E-state index is 14.2. The SMILES string of the molecule is CC(C)CN(CC(C)C)[C@H](CNC(=O)Nc1cccc(-c2nnnn2C)c1)C(=O)N1CCCC(Cc2ccc(F)cc2)C1. The molecule has 0 spiro atoms. The molecule has 4 rings (SSSR count). The number of carbonyl (C=O) groups is 2. The van der Waals surface area contributed by atoms with E-state index in [1.807, 2.05) is 35.2 Å². The largest absolute Gasteiger partial charge is 0.341 e. The lowest BCUT2D eigenvalue weighted by Gasteiger charge is -2.39. The Morgan fingerprint density at radius 3 is 2.44 bits per heavy atom. The molecule has 0 aliphatic carbocycles. The first-order valence-electron chi connectivity index (χ1n) is 15.2. The van der Waals surface area contributed by atoms with E-state index in [0.29, 0.717) is 42.4 Å². The lowest BCUT2D eigenvalue weighted by molar-refractivity contribution is -0.139. The highest BCUT2D eigenvalue weighted by Crippen LogP contribution is 2.23. The van der Waals surface area contributed by atoms with Crippen molar-refractivity contribution in [2.24, 2.45) is 24.8 Å². The van der Waals surface area contributed by atoms with Gasteiger partial charge in [0.1, 0.15) is 11.9 Å². The van der Waals surface area contributed by atoms with Crippen molar-refractivity contribution in [1.29, 1.82) is 0 Å². The Morgan fingerprint density at radius 1 is 1.07 bits per heavy atom. The van der Waals surface area contributed by atoms with E-state index in [-0.39, 0.29) is 24.3 Å². The van der Waals surface area contributed by atoms with Crippen molar-refractivity contribution in [2.45, 2.75) is 53.0 Å². The van der Waals surface area contributed by atoms with E-state index >= 15 is 0 Å². The molecule has 1 aliphatic heterocycles. The topological polar surface area (TPSA) is 108 Å². The highest BCUT2D eigenvalue weighted by Gasteiger charge is 2.33. The van der Waals surface area contributed by atoms with E-state index in [1.54, 1.807) is 17.8 Å². The van der Waals surface area contributed by atoms with Gasteiger partial charge in [0, 0.05) is 51.0 Å². The Kier molecular flexibility index (Phi) is 11.2. The number of nitrogens with one attached hydrogen (secondary N) is 2. The number of carbonyl (C=O) groups excluding carboxylic acids is 2. The Morgan fingerprint density at radius 2 is 1.79 bits per heavy atom. The Bertz CT molecular complexity index is 1330. The summed E-state index contributed by atoms with van der Waals surface area (Å²) in [6.45, 7) is 11.6. The molecule has 2 aromatic carbocycles. The van der Waals surface area contributed by atoms with Gasteiger partial charge in [-0.25, -0.2) is 13.9 Å². The number of aromatic nitrogens is 4. The van der Waals surface area contributed by atoms with Gasteiger partial charge in [0.2, 0.25) is 5.91 Å². The van der Waals surface area contributed by atoms with Gasteiger partial charge in [0.25, 0.3) is 0 Å². The van der Waals surface area contributed by atoms with Crippen LogP contribution in [-0.2, 0) is 18.3 Å². The molecule has 0 radical (unpaired) electrons. The van der Waals surface area contributed by atoms with Crippen LogP contribution in [0.5, 0.6) is 0 Å². The Labute approximate surface area is 254 Å². The predicted molar refractivity (Wildman–Crippen MR) is 166 cm³/mol. The fraction of sp³-hybridized carbons (Fsp3) is 0.531. The fourth-order valence-corrected chi connectivity index (χ4v) is 5.81. The van der Waals surface area contributed by atoms with Crippen LogP contribution in [0.15, 0.2) is 48.5 Å². The van der Waals surface area contributed by atoms with Crippen LogP contribution in [-0.4, -0.2) is 80.7 Å². The van der Waals surface area contributed by atoms with Gasteiger partial charge in [-0.15, -0.1) is 5.10 Å². The number of amides is 3. The standard InChI is InChI=1S/C32H45FN8O2/c1-22(2)19-41(20-23(3)4)29(31(42)40-15-7-8-25(21-40)16-24-11-13-27(33)14-12-24)18-34-32(43)35-28-10-6-9-26(17-28)30-36-37-38-39(30)5/h6,9-14,17,22-23,25,29H,7-8,15-16,18-21H2,1-5H3,(H2,34,35,43)/t25?,29-/m1/s1. The van der Waals surface area contributed by atoms with E-state index in [4.69, 9.17) is 0 Å². The third kappa shape index (κ3) is 9.31. The number of halogens is 1. The molecule has 232 valence electrons. The molecule has 2 atom stereocenters. The van der Waals surface area contributed by atoms with Crippen LogP contribution in [0.2, 0.25) is 0 Å². The van der Waals surface area contributed by atoms with Crippen LogP contribution in [0.1, 0.15) is 46.1 Å². The van der Waals surface area contributed by atoms with E-state index < -0.39 is 6.04 Å². The summed E-state index contributed by atoms with van der Waals surface area (Å²) in [4.78, 5) is 31.4. The number of benzene rings is 2. The third-order valence-corrected chi connectivity index (χ3v) is 7.65. The van der Waals surface area contributed by atoms with Gasteiger partial charge in [-0.3, -0.25) is 9.69 Å². The Hall–Kier alpha value is -3.86. The van der Waals surface area contributed by atoms with Crippen LogP contribution < -0.4 is 10.6 Å². The second-order valence-corrected chi connectivity index (χ2v) is 12.4. The van der Waals surface area contributed by atoms with Crippen molar-refractivity contribution in [1.82, 2.24) is 35.3 Å². The molecule has 3 amide bonds. The average molecular weight is 593 g/mol. The molecule has 1 aromatic heterocycles. The second kappa shape index (κ2) is 15.0. The molecule has 43 heavy (non-hydrogen) atoms. The fourth-order valence-electron chi connectivity index (χ4n) is 5.81. The first-order chi connectivity index (χ1) is 20.6. The number of hydrogen-bond acceptors (Lipinski definition) is 6. The quantitative estimate of drug-likeness (QED) is 0.318. The Balaban J connectivity index is 1.46. The second-order valence-electron chi connectivity index (χ2n) is 12.4. The molecule has 1 fully saturated rings. The molecule has 1 aliphatic rings. The molecule has 10 nitrogen and oxygen atoms in total. The number of hydrogen-bond donors (Lipinski definition) is 2. The summed E-state index contributed by atoms with van der Waals surface area (Å²) in [5.74, 6) is 1.41. The highest BCUT2D eigenvalue weighted by molar-refractivity contribution is 5.91. The van der Waals surface area contributed by atoms with Gasteiger partial charge in [0.15, 0.2) is 5.82 Å². The molecule has 0 saturated carbocycles. The number of rotatable bonds is 12. The van der Waals surface area contributed by atoms with Gasteiger partial charge in [-0.2, -0.15) is 0 Å². The molecule has 3 aromatic rings. The summed E-state index contributed by atoms with van der Waals surface area (Å²) < 4.78 is 15.0. The molecule has 1 unspecified atom stereocenters. The van der Waals surface area contributed by atoms with Crippen molar-refractivity contribution >= 4 is 17.6 Å². The van der Waals surface area contributed by atoms with Crippen LogP contribution in [0.25, 0.3) is 11.4 Å². The van der Waals surface area contributed by atoms with Gasteiger partial charge in [-0.1, -0.05) is 52.0 Å². The normalized spacial score (nSPS) is 16.1. The molecule has 0 bridgehead atoms. The first-order valence-corrected chi connectivity index (χ1v) is 15.2. The number of nitrogens with zero attached hydrogens (tertiary/aromatic N) is 6. The van der Waals surface area contributed by atoms with Gasteiger partial charge in [-0.05, 0) is 77.3 Å². The van der Waals surface area contributed by atoms with Gasteiger partial charge < -0.3 is 15.5 Å². The van der Waals surface area contributed by atoms with Gasteiger partial charge >= 0.3 is 6.03 Å². The van der Waals surface area contributed by atoms with Crippen LogP contribution in [0.4, 0.5) is 14.9 Å². The molecule has 2 heterocycles. The van der Waals surface area contributed by atoms with Crippen LogP contribution in [0, 0.1) is 23.6 Å². The number of urea groups is 1. The minimum Gasteiger partial charge on any atom is -0.341 e. The molecule has 11 heteroatoms. The molecule has 2 N–H and O–H groups in total. The predicted octanol–water partition coefficient (Wildman–Crippen LogP) is 4.60. The zero-order valence-corrected chi connectivity index (χ0v) is 26.0. The van der Waals surface area contributed by atoms with Crippen molar-refractivity contribution < 1.29 is 14.0 Å². The lowest BCUT2D eigenvalue weighted by atomic mass is 9.91. The molecular formula is C32H45FN8O2.